The molecule has 110 valence electrons. The summed E-state index contributed by atoms with van der Waals surface area (Å²) in [5, 5.41) is 12.2. The Hall–Kier alpha value is -1.53. The van der Waals surface area contributed by atoms with Crippen molar-refractivity contribution in [1.82, 2.24) is 9.88 Å². The number of nitrogens with two attached hydrogens (primary N) is 1. The molecule has 6 nitrogen and oxygen atoms in total. The molecule has 2 heterocycles. The average Bonchev–Trinajstić information content (AvgIpc) is 2.48. The highest BCUT2D eigenvalue weighted by Gasteiger charge is 2.21. The van der Waals surface area contributed by atoms with Gasteiger partial charge in [0.2, 0.25) is 0 Å². The number of pyridine rings is 1. The van der Waals surface area contributed by atoms with Gasteiger partial charge < -0.3 is 15.8 Å². The van der Waals surface area contributed by atoms with E-state index in [0.717, 1.165) is 39.1 Å². The van der Waals surface area contributed by atoms with Crippen molar-refractivity contribution in [3.05, 3.63) is 22.8 Å². The molecule has 0 radical (unpaired) electrons. The summed E-state index contributed by atoms with van der Waals surface area (Å²) in [6.45, 7) is 7.07. The largest absolute Gasteiger partial charge is 0.409 e. The van der Waals surface area contributed by atoms with Crippen molar-refractivity contribution < 1.29 is 5.21 Å². The average molecular weight is 298 g/mol. The van der Waals surface area contributed by atoms with Crippen LogP contribution in [0.25, 0.3) is 0 Å². The van der Waals surface area contributed by atoms with Crippen LogP contribution in [0, 0.1) is 0 Å². The third-order valence-electron chi connectivity index (χ3n) is 3.47. The number of oxime groups is 1. The second kappa shape index (κ2) is 6.76. The van der Waals surface area contributed by atoms with Crippen molar-refractivity contribution in [3.8, 4) is 0 Å². The number of hydrogen-bond donors (Lipinski definition) is 2. The van der Waals surface area contributed by atoms with Gasteiger partial charge >= 0.3 is 0 Å². The molecule has 2 rings (SSSR count). The molecule has 1 aromatic rings. The van der Waals surface area contributed by atoms with Crippen molar-refractivity contribution in [1.29, 1.82) is 0 Å². The van der Waals surface area contributed by atoms with Crippen LogP contribution in [0.4, 0.5) is 5.82 Å². The van der Waals surface area contributed by atoms with Gasteiger partial charge in [0.25, 0.3) is 0 Å². The van der Waals surface area contributed by atoms with Gasteiger partial charge in [0.1, 0.15) is 5.82 Å². The molecular formula is C13H20ClN5O. The maximum absolute atomic E-state index is 8.77. The van der Waals surface area contributed by atoms with E-state index in [-0.39, 0.29) is 5.84 Å². The highest BCUT2D eigenvalue weighted by molar-refractivity contribution is 6.36. The molecule has 1 saturated heterocycles. The lowest BCUT2D eigenvalue weighted by Gasteiger charge is -2.35. The summed E-state index contributed by atoms with van der Waals surface area (Å²) >= 11 is 6.32. The topological polar surface area (TPSA) is 78.0 Å². The number of aromatic nitrogens is 1. The molecule has 7 heteroatoms. The van der Waals surface area contributed by atoms with Gasteiger partial charge in [0.05, 0.1) is 5.02 Å². The lowest BCUT2D eigenvalue weighted by atomic mass is 10.2. The molecule has 1 aromatic heterocycles. The monoisotopic (exact) mass is 297 g/mol. The van der Waals surface area contributed by atoms with Crippen LogP contribution in [-0.2, 0) is 0 Å². The molecule has 0 aromatic carbocycles. The van der Waals surface area contributed by atoms with Crippen LogP contribution in [-0.4, -0.2) is 53.7 Å². The summed E-state index contributed by atoms with van der Waals surface area (Å²) in [6.07, 6.45) is 2.80. The summed E-state index contributed by atoms with van der Waals surface area (Å²) in [7, 11) is 0. The van der Waals surface area contributed by atoms with Gasteiger partial charge in [-0.05, 0) is 19.0 Å². The van der Waals surface area contributed by atoms with Gasteiger partial charge in [-0.15, -0.1) is 0 Å². The van der Waals surface area contributed by atoms with Crippen LogP contribution in [0.15, 0.2) is 17.4 Å². The highest BCUT2D eigenvalue weighted by atomic mass is 35.5. The van der Waals surface area contributed by atoms with Crippen molar-refractivity contribution in [2.45, 2.75) is 13.3 Å². The van der Waals surface area contributed by atoms with Crippen LogP contribution in [0.5, 0.6) is 0 Å². The predicted molar refractivity (Wildman–Crippen MR) is 80.7 cm³/mol. The zero-order valence-corrected chi connectivity index (χ0v) is 12.3. The van der Waals surface area contributed by atoms with Gasteiger partial charge in [-0.25, -0.2) is 4.98 Å². The standard InChI is InChI=1S/C13H20ClN5O/c1-2-5-18-6-8-19(9-7-18)13-11(14)10(3-4-16-13)12(15)17-20/h3-4,20H,2,5-9H2,1H3,(H2,15,17). The number of nitrogens with zero attached hydrogens (tertiary/aromatic N) is 4. The van der Waals surface area contributed by atoms with E-state index < -0.39 is 0 Å². The van der Waals surface area contributed by atoms with Gasteiger partial charge in [-0.1, -0.05) is 23.7 Å². The van der Waals surface area contributed by atoms with E-state index in [1.54, 1.807) is 12.3 Å². The van der Waals surface area contributed by atoms with E-state index in [2.05, 4.69) is 26.9 Å². The number of amidine groups is 1. The first-order valence-corrected chi connectivity index (χ1v) is 7.14. The van der Waals surface area contributed by atoms with E-state index in [1.165, 1.54) is 0 Å². The first-order valence-electron chi connectivity index (χ1n) is 6.77. The molecule has 1 aliphatic rings. The minimum Gasteiger partial charge on any atom is -0.409 e. The van der Waals surface area contributed by atoms with Gasteiger partial charge in [-0.3, -0.25) is 4.90 Å². The second-order valence-electron chi connectivity index (χ2n) is 4.81. The van der Waals surface area contributed by atoms with Crippen molar-refractivity contribution in [2.24, 2.45) is 10.9 Å². The van der Waals surface area contributed by atoms with Crippen LogP contribution < -0.4 is 10.6 Å². The van der Waals surface area contributed by atoms with Crippen molar-refractivity contribution in [3.63, 3.8) is 0 Å². The maximum atomic E-state index is 8.77. The Kier molecular flexibility index (Phi) is 5.03. The maximum Gasteiger partial charge on any atom is 0.171 e. The normalized spacial score (nSPS) is 17.5. The Morgan fingerprint density at radius 1 is 1.45 bits per heavy atom. The van der Waals surface area contributed by atoms with Crippen molar-refractivity contribution >= 4 is 23.3 Å². The van der Waals surface area contributed by atoms with E-state index >= 15 is 0 Å². The molecule has 0 spiro atoms. The summed E-state index contributed by atoms with van der Waals surface area (Å²) in [5.41, 5.74) is 6.13. The Labute approximate surface area is 123 Å². The molecular weight excluding hydrogens is 278 g/mol. The van der Waals surface area contributed by atoms with Crippen LogP contribution >= 0.6 is 11.6 Å². The Morgan fingerprint density at radius 2 is 2.15 bits per heavy atom. The molecule has 0 saturated carbocycles. The van der Waals surface area contributed by atoms with Gasteiger partial charge in [-0.2, -0.15) is 0 Å². The molecule has 0 bridgehead atoms. The van der Waals surface area contributed by atoms with E-state index in [0.29, 0.717) is 16.4 Å². The first kappa shape index (κ1) is 14.9. The number of piperazine rings is 1. The second-order valence-corrected chi connectivity index (χ2v) is 5.19. The van der Waals surface area contributed by atoms with Crippen LogP contribution in [0.2, 0.25) is 5.02 Å². The minimum absolute atomic E-state index is 0.00303. The molecule has 3 N–H and O–H groups in total. The van der Waals surface area contributed by atoms with E-state index in [4.69, 9.17) is 22.5 Å². The highest BCUT2D eigenvalue weighted by Crippen LogP contribution is 2.27. The zero-order chi connectivity index (χ0) is 14.5. The van der Waals surface area contributed by atoms with Gasteiger partial charge in [0.15, 0.2) is 5.84 Å². The summed E-state index contributed by atoms with van der Waals surface area (Å²) in [6, 6.07) is 1.65. The van der Waals surface area contributed by atoms with Gasteiger partial charge in [0, 0.05) is 37.9 Å². The molecule has 0 amide bonds. The number of rotatable bonds is 4. The number of anilines is 1. The predicted octanol–water partition coefficient (Wildman–Crippen LogP) is 1.36. The lowest BCUT2D eigenvalue weighted by Crippen LogP contribution is -2.47. The Balaban J connectivity index is 2.14. The summed E-state index contributed by atoms with van der Waals surface area (Å²) in [5.74, 6) is 0.704. The Morgan fingerprint density at radius 3 is 2.75 bits per heavy atom. The smallest absolute Gasteiger partial charge is 0.171 e. The van der Waals surface area contributed by atoms with Crippen LogP contribution in [0.3, 0.4) is 0 Å². The third-order valence-corrected chi connectivity index (χ3v) is 3.84. The SMILES string of the molecule is CCCN1CCN(c2nccc(/C(N)=N/O)c2Cl)CC1. The quantitative estimate of drug-likeness (QED) is 0.380. The zero-order valence-electron chi connectivity index (χ0n) is 11.6. The molecule has 0 aliphatic carbocycles. The third kappa shape index (κ3) is 3.13. The molecule has 20 heavy (non-hydrogen) atoms. The van der Waals surface area contributed by atoms with E-state index in [1.807, 2.05) is 0 Å². The lowest BCUT2D eigenvalue weighted by molar-refractivity contribution is 0.258. The fourth-order valence-corrected chi connectivity index (χ4v) is 2.73. The number of halogens is 1. The molecule has 1 aliphatic heterocycles. The fourth-order valence-electron chi connectivity index (χ4n) is 2.40. The molecule has 0 unspecified atom stereocenters. The molecule has 1 fully saturated rings. The fraction of sp³-hybridized carbons (Fsp3) is 0.538. The summed E-state index contributed by atoms with van der Waals surface area (Å²) < 4.78 is 0. The minimum atomic E-state index is 0.00303. The number of hydrogen-bond acceptors (Lipinski definition) is 5. The van der Waals surface area contributed by atoms with E-state index in [9.17, 15) is 0 Å². The molecule has 0 atom stereocenters. The van der Waals surface area contributed by atoms with Crippen molar-refractivity contribution in [2.75, 3.05) is 37.6 Å². The first-order chi connectivity index (χ1) is 9.67. The summed E-state index contributed by atoms with van der Waals surface area (Å²) in [4.78, 5) is 8.90. The Bertz CT molecular complexity index is 486. The van der Waals surface area contributed by atoms with Crippen LogP contribution in [0.1, 0.15) is 18.9 Å².